The van der Waals surface area contributed by atoms with Crippen molar-refractivity contribution in [3.05, 3.63) is 58.3 Å². The first-order chi connectivity index (χ1) is 12.5. The van der Waals surface area contributed by atoms with Crippen molar-refractivity contribution >= 4 is 23.3 Å². The maximum absolute atomic E-state index is 12.3. The van der Waals surface area contributed by atoms with E-state index in [-0.39, 0.29) is 11.7 Å². The number of thioether (sulfide) groups is 1. The van der Waals surface area contributed by atoms with Gasteiger partial charge >= 0.3 is 0 Å². The highest BCUT2D eigenvalue weighted by atomic mass is 32.2. The predicted molar refractivity (Wildman–Crippen MR) is 96.5 cm³/mol. The van der Waals surface area contributed by atoms with Crippen LogP contribution in [0.2, 0.25) is 0 Å². The lowest BCUT2D eigenvalue weighted by atomic mass is 10.2. The van der Waals surface area contributed by atoms with E-state index in [4.69, 9.17) is 0 Å². The summed E-state index contributed by atoms with van der Waals surface area (Å²) in [5.41, 5.74) is 1.05. The molecular weight excluding hydrogens is 362 g/mol. The van der Waals surface area contributed by atoms with Gasteiger partial charge < -0.3 is 5.32 Å². The van der Waals surface area contributed by atoms with E-state index in [1.54, 1.807) is 18.2 Å². The third-order valence-corrected chi connectivity index (χ3v) is 4.86. The summed E-state index contributed by atoms with van der Waals surface area (Å²) in [5.74, 6) is -1.78. The maximum Gasteiger partial charge on any atom is 0.288 e. The second kappa shape index (κ2) is 8.41. The number of nitro groups is 1. The van der Waals surface area contributed by atoms with Crippen molar-refractivity contribution in [2.75, 3.05) is 18.4 Å². The normalized spacial score (nSPS) is 17.6. The molecule has 26 heavy (non-hydrogen) atoms. The molecule has 138 valence electrons. The molecule has 3 rings (SSSR count). The second-order valence-electron chi connectivity index (χ2n) is 6.05. The Morgan fingerprint density at radius 3 is 2.69 bits per heavy atom. The minimum absolute atomic E-state index is 0.0305. The van der Waals surface area contributed by atoms with E-state index >= 15 is 0 Å². The third-order valence-electron chi connectivity index (χ3n) is 4.14. The number of alkyl halides is 2. The molecule has 0 amide bonds. The predicted octanol–water partition coefficient (Wildman–Crippen LogP) is 3.99. The zero-order chi connectivity index (χ0) is 18.5. The van der Waals surface area contributed by atoms with Crippen LogP contribution in [0.1, 0.15) is 12.0 Å². The van der Waals surface area contributed by atoms with Gasteiger partial charge in [-0.2, -0.15) is 8.78 Å². The van der Waals surface area contributed by atoms with Crippen molar-refractivity contribution in [3.63, 3.8) is 0 Å². The largest absolute Gasteiger partial charge is 0.366 e. The Morgan fingerprint density at radius 1 is 1.31 bits per heavy atom. The van der Waals surface area contributed by atoms with Gasteiger partial charge in [-0.3, -0.25) is 15.0 Å². The molecular formula is C17H18F2N4O2S. The molecule has 2 aromatic rings. The van der Waals surface area contributed by atoms with Gasteiger partial charge in [0.05, 0.1) is 4.92 Å². The summed E-state index contributed by atoms with van der Waals surface area (Å²) >= 11 is 0.548. The lowest BCUT2D eigenvalue weighted by molar-refractivity contribution is -0.385. The van der Waals surface area contributed by atoms with Crippen molar-refractivity contribution in [3.8, 4) is 0 Å². The van der Waals surface area contributed by atoms with Crippen LogP contribution >= 0.6 is 11.8 Å². The highest BCUT2D eigenvalue weighted by molar-refractivity contribution is 7.99. The topological polar surface area (TPSA) is 71.3 Å². The van der Waals surface area contributed by atoms with E-state index in [9.17, 15) is 18.9 Å². The van der Waals surface area contributed by atoms with Crippen molar-refractivity contribution in [2.24, 2.45) is 0 Å². The van der Waals surface area contributed by atoms with Crippen molar-refractivity contribution in [1.82, 2.24) is 9.88 Å². The number of likely N-dealkylation sites (tertiary alicyclic amines) is 1. The Hall–Kier alpha value is -2.26. The number of rotatable bonds is 7. The molecule has 0 bridgehead atoms. The number of benzene rings is 1. The SMILES string of the molecule is O=[N+]([O-])c1ccc(NC2CCN(Cc3ccc(SC(F)F)cc3)C2)nc1. The van der Waals surface area contributed by atoms with Crippen molar-refractivity contribution < 1.29 is 13.7 Å². The van der Waals surface area contributed by atoms with E-state index in [0.717, 1.165) is 31.6 Å². The van der Waals surface area contributed by atoms with Gasteiger partial charge in [0, 0.05) is 36.6 Å². The second-order valence-corrected chi connectivity index (χ2v) is 7.11. The quantitative estimate of drug-likeness (QED) is 0.445. The van der Waals surface area contributed by atoms with Crippen LogP contribution in [-0.2, 0) is 6.54 Å². The van der Waals surface area contributed by atoms with Crippen LogP contribution in [0.3, 0.4) is 0 Å². The lowest BCUT2D eigenvalue weighted by Gasteiger charge is -2.17. The summed E-state index contributed by atoms with van der Waals surface area (Å²) in [6.07, 6.45) is 2.19. The highest BCUT2D eigenvalue weighted by Crippen LogP contribution is 2.26. The molecule has 1 aliphatic rings. The fourth-order valence-electron chi connectivity index (χ4n) is 2.92. The Morgan fingerprint density at radius 2 is 2.08 bits per heavy atom. The van der Waals surface area contributed by atoms with E-state index in [2.05, 4.69) is 15.2 Å². The zero-order valence-corrected chi connectivity index (χ0v) is 14.7. The molecule has 1 N–H and O–H groups in total. The number of hydrogen-bond acceptors (Lipinski definition) is 6. The first kappa shape index (κ1) is 18.5. The Kier molecular flexibility index (Phi) is 6.00. The maximum atomic E-state index is 12.3. The number of aromatic nitrogens is 1. The standard InChI is InChI=1S/C17H18F2N4O2S/c18-17(19)26-15-4-1-12(2-5-15)10-22-8-7-13(11-22)21-16-6-3-14(9-20-16)23(24)25/h1-6,9,13,17H,7-8,10-11H2,(H,20,21). The summed E-state index contributed by atoms with van der Waals surface area (Å²) in [5, 5.41) is 13.9. The first-order valence-electron chi connectivity index (χ1n) is 8.12. The first-order valence-corrected chi connectivity index (χ1v) is 9.00. The number of pyridine rings is 1. The minimum Gasteiger partial charge on any atom is -0.366 e. The van der Waals surface area contributed by atoms with Crippen LogP contribution in [0.25, 0.3) is 0 Å². The van der Waals surface area contributed by atoms with E-state index in [1.165, 1.54) is 12.3 Å². The molecule has 0 radical (unpaired) electrons. The number of hydrogen-bond donors (Lipinski definition) is 1. The van der Waals surface area contributed by atoms with Crippen molar-refractivity contribution in [1.29, 1.82) is 0 Å². The molecule has 1 aliphatic heterocycles. The molecule has 2 heterocycles. The number of nitrogens with zero attached hydrogens (tertiary/aromatic N) is 3. The molecule has 6 nitrogen and oxygen atoms in total. The summed E-state index contributed by atoms with van der Waals surface area (Å²) in [7, 11) is 0. The molecule has 1 aromatic heterocycles. The van der Waals surface area contributed by atoms with Gasteiger partial charge in [0.25, 0.3) is 11.4 Å². The van der Waals surface area contributed by atoms with E-state index < -0.39 is 10.7 Å². The Bertz CT molecular complexity index is 743. The Balaban J connectivity index is 1.49. The third kappa shape index (κ3) is 5.12. The lowest BCUT2D eigenvalue weighted by Crippen LogP contribution is -2.26. The van der Waals surface area contributed by atoms with E-state index in [0.29, 0.717) is 22.5 Å². The van der Waals surface area contributed by atoms with Gasteiger partial charge in [0.15, 0.2) is 0 Å². The van der Waals surface area contributed by atoms with Gasteiger partial charge in [-0.1, -0.05) is 23.9 Å². The molecule has 1 atom stereocenters. The van der Waals surface area contributed by atoms with E-state index in [1.807, 2.05) is 12.1 Å². The van der Waals surface area contributed by atoms with Crippen LogP contribution in [0, 0.1) is 10.1 Å². The molecule has 1 unspecified atom stereocenters. The average Bonchev–Trinajstić information content (AvgIpc) is 3.03. The molecule has 0 saturated carbocycles. The number of anilines is 1. The van der Waals surface area contributed by atoms with Crippen LogP contribution in [0.4, 0.5) is 20.3 Å². The Labute approximate surface area is 153 Å². The van der Waals surface area contributed by atoms with Crippen molar-refractivity contribution in [2.45, 2.75) is 29.7 Å². The highest BCUT2D eigenvalue weighted by Gasteiger charge is 2.22. The number of halogens is 2. The fraction of sp³-hybridized carbons (Fsp3) is 0.353. The molecule has 1 saturated heterocycles. The molecule has 1 aromatic carbocycles. The van der Waals surface area contributed by atoms with Gasteiger partial charge in [-0.15, -0.1) is 0 Å². The smallest absolute Gasteiger partial charge is 0.288 e. The molecule has 0 spiro atoms. The fourth-order valence-corrected chi connectivity index (χ4v) is 3.42. The summed E-state index contributed by atoms with van der Waals surface area (Å²) in [6.45, 7) is 2.50. The summed E-state index contributed by atoms with van der Waals surface area (Å²) in [4.78, 5) is 17.1. The molecule has 9 heteroatoms. The monoisotopic (exact) mass is 380 g/mol. The minimum atomic E-state index is -2.40. The van der Waals surface area contributed by atoms with Crippen LogP contribution in [-0.4, -0.2) is 39.7 Å². The van der Waals surface area contributed by atoms with Crippen LogP contribution < -0.4 is 5.32 Å². The van der Waals surface area contributed by atoms with Crippen LogP contribution in [0.5, 0.6) is 0 Å². The van der Waals surface area contributed by atoms with Gasteiger partial charge in [0.1, 0.15) is 12.0 Å². The average molecular weight is 380 g/mol. The van der Waals surface area contributed by atoms with Gasteiger partial charge in [-0.25, -0.2) is 4.98 Å². The summed E-state index contributed by atoms with van der Waals surface area (Å²) in [6, 6.07) is 10.5. The van der Waals surface area contributed by atoms with Gasteiger partial charge in [-0.05, 0) is 30.2 Å². The zero-order valence-electron chi connectivity index (χ0n) is 13.8. The van der Waals surface area contributed by atoms with Gasteiger partial charge in [0.2, 0.25) is 0 Å². The number of nitrogens with one attached hydrogen (secondary N) is 1. The summed E-state index contributed by atoms with van der Waals surface area (Å²) < 4.78 is 24.7. The molecule has 1 fully saturated rings. The molecule has 0 aliphatic carbocycles. The van der Waals surface area contributed by atoms with Crippen LogP contribution in [0.15, 0.2) is 47.5 Å².